The molecule has 100 valence electrons. The lowest BCUT2D eigenvalue weighted by Crippen LogP contribution is -2.01. The highest BCUT2D eigenvalue weighted by Gasteiger charge is 2.18. The zero-order valence-electron chi connectivity index (χ0n) is 10.4. The molecule has 2 N–H and O–H groups in total. The maximum absolute atomic E-state index is 11.0. The van der Waals surface area contributed by atoms with Gasteiger partial charge in [-0.15, -0.1) is 11.8 Å². The number of aliphatic hydroxyl groups is 2. The molecule has 2 atom stereocenters. The van der Waals surface area contributed by atoms with E-state index in [1.165, 1.54) is 17.8 Å². The molecule has 5 nitrogen and oxygen atoms in total. The average Bonchev–Trinajstić information content (AvgIpc) is 2.29. The van der Waals surface area contributed by atoms with Crippen LogP contribution in [0.5, 0.6) is 0 Å². The fraction of sp³-hybridized carbons (Fsp3) is 0.500. The predicted molar refractivity (Wildman–Crippen MR) is 70.8 cm³/mol. The molecule has 0 aliphatic heterocycles. The van der Waals surface area contributed by atoms with E-state index >= 15 is 0 Å². The first kappa shape index (κ1) is 14.9. The number of hydrogen-bond acceptors (Lipinski definition) is 5. The molecule has 0 aliphatic rings. The molecule has 6 heteroatoms. The molecule has 0 aliphatic carbocycles. The van der Waals surface area contributed by atoms with Gasteiger partial charge in [-0.2, -0.15) is 0 Å². The first-order chi connectivity index (χ1) is 8.45. The minimum absolute atomic E-state index is 0.00295. The molecule has 1 aromatic rings. The van der Waals surface area contributed by atoms with Crippen LogP contribution in [0.1, 0.15) is 31.9 Å². The molecule has 0 aromatic heterocycles. The van der Waals surface area contributed by atoms with Crippen molar-refractivity contribution in [2.24, 2.45) is 0 Å². The highest BCUT2D eigenvalue weighted by molar-refractivity contribution is 8.00. The van der Waals surface area contributed by atoms with E-state index in [9.17, 15) is 15.2 Å². The molecule has 0 radical (unpaired) electrons. The van der Waals surface area contributed by atoms with Crippen molar-refractivity contribution in [2.45, 2.75) is 36.5 Å². The van der Waals surface area contributed by atoms with Gasteiger partial charge in [0.15, 0.2) is 0 Å². The summed E-state index contributed by atoms with van der Waals surface area (Å²) in [5.41, 5.74) is 0.532. The van der Waals surface area contributed by atoms with Crippen LogP contribution in [0.25, 0.3) is 0 Å². The van der Waals surface area contributed by atoms with Gasteiger partial charge in [0.25, 0.3) is 5.69 Å². The SMILES string of the molecule is CC(CCO)Sc1ccc([C@@H](C)O)cc1[N+](=O)[O-]. The van der Waals surface area contributed by atoms with Crippen molar-refractivity contribution >= 4 is 17.4 Å². The third-order valence-electron chi connectivity index (χ3n) is 2.53. The normalized spacial score (nSPS) is 14.2. The summed E-state index contributed by atoms with van der Waals surface area (Å²) < 4.78 is 0. The predicted octanol–water partition coefficient (Wildman–Crippen LogP) is 2.51. The van der Waals surface area contributed by atoms with Gasteiger partial charge in [0.2, 0.25) is 0 Å². The van der Waals surface area contributed by atoms with E-state index in [1.54, 1.807) is 19.1 Å². The maximum Gasteiger partial charge on any atom is 0.283 e. The van der Waals surface area contributed by atoms with Crippen LogP contribution in [0.4, 0.5) is 5.69 Å². The Morgan fingerprint density at radius 2 is 2.11 bits per heavy atom. The summed E-state index contributed by atoms with van der Waals surface area (Å²) in [6.45, 7) is 3.54. The minimum Gasteiger partial charge on any atom is -0.396 e. The van der Waals surface area contributed by atoms with Crippen molar-refractivity contribution in [1.82, 2.24) is 0 Å². The van der Waals surface area contributed by atoms with Gasteiger partial charge in [0.05, 0.1) is 15.9 Å². The van der Waals surface area contributed by atoms with Crippen LogP contribution in [0.15, 0.2) is 23.1 Å². The van der Waals surface area contributed by atoms with Crippen LogP contribution in [0.3, 0.4) is 0 Å². The van der Waals surface area contributed by atoms with Gasteiger partial charge in [0, 0.05) is 17.9 Å². The lowest BCUT2D eigenvalue weighted by molar-refractivity contribution is -0.387. The summed E-state index contributed by atoms with van der Waals surface area (Å²) in [6, 6.07) is 4.74. The third kappa shape index (κ3) is 3.97. The average molecular weight is 271 g/mol. The molecule has 0 fully saturated rings. The van der Waals surface area contributed by atoms with Crippen molar-refractivity contribution in [1.29, 1.82) is 0 Å². The number of nitro groups is 1. The van der Waals surface area contributed by atoms with Crippen molar-refractivity contribution < 1.29 is 15.1 Å². The molecule has 0 heterocycles. The summed E-state index contributed by atoms with van der Waals surface area (Å²) in [5.74, 6) is 0. The Hall–Kier alpha value is -1.11. The molecule has 0 saturated heterocycles. The van der Waals surface area contributed by atoms with Crippen LogP contribution in [0, 0.1) is 10.1 Å². The number of thioether (sulfide) groups is 1. The summed E-state index contributed by atoms with van der Waals surface area (Å²) in [4.78, 5) is 11.1. The number of hydrogen-bond donors (Lipinski definition) is 2. The van der Waals surface area contributed by atoms with E-state index in [2.05, 4.69) is 0 Å². The van der Waals surface area contributed by atoms with Crippen LogP contribution >= 0.6 is 11.8 Å². The smallest absolute Gasteiger partial charge is 0.283 e. The van der Waals surface area contributed by atoms with Crippen LogP contribution in [0.2, 0.25) is 0 Å². The van der Waals surface area contributed by atoms with E-state index in [-0.39, 0.29) is 17.5 Å². The Labute approximate surface area is 110 Å². The zero-order chi connectivity index (χ0) is 13.7. The fourth-order valence-corrected chi connectivity index (χ4v) is 2.55. The van der Waals surface area contributed by atoms with Gasteiger partial charge in [-0.25, -0.2) is 0 Å². The third-order valence-corrected chi connectivity index (χ3v) is 3.76. The second-order valence-electron chi connectivity index (χ2n) is 4.10. The van der Waals surface area contributed by atoms with Gasteiger partial charge in [0.1, 0.15) is 0 Å². The summed E-state index contributed by atoms with van der Waals surface area (Å²) in [5, 5.41) is 29.4. The van der Waals surface area contributed by atoms with Crippen LogP contribution < -0.4 is 0 Å². The largest absolute Gasteiger partial charge is 0.396 e. The summed E-state index contributed by atoms with van der Waals surface area (Å²) >= 11 is 1.36. The number of nitro benzene ring substituents is 1. The second kappa shape index (κ2) is 6.72. The Balaban J connectivity index is 3.00. The van der Waals surface area contributed by atoms with E-state index in [0.717, 1.165) is 0 Å². The van der Waals surface area contributed by atoms with Crippen molar-refractivity contribution in [3.05, 3.63) is 33.9 Å². The van der Waals surface area contributed by atoms with E-state index in [4.69, 9.17) is 5.11 Å². The van der Waals surface area contributed by atoms with Gasteiger partial charge >= 0.3 is 0 Å². The lowest BCUT2D eigenvalue weighted by atomic mass is 10.1. The first-order valence-electron chi connectivity index (χ1n) is 5.69. The Bertz CT molecular complexity index is 423. The van der Waals surface area contributed by atoms with Gasteiger partial charge < -0.3 is 10.2 Å². The Morgan fingerprint density at radius 3 is 2.61 bits per heavy atom. The fourth-order valence-electron chi connectivity index (χ4n) is 1.49. The molecule has 1 unspecified atom stereocenters. The van der Waals surface area contributed by atoms with Crippen molar-refractivity contribution in [3.8, 4) is 0 Å². The van der Waals surface area contributed by atoms with Gasteiger partial charge in [-0.05, 0) is 25.0 Å². The molecule has 1 rings (SSSR count). The van der Waals surface area contributed by atoms with E-state index in [1.807, 2.05) is 6.92 Å². The quantitative estimate of drug-likeness (QED) is 0.472. The maximum atomic E-state index is 11.0. The molecule has 18 heavy (non-hydrogen) atoms. The molecule has 0 spiro atoms. The lowest BCUT2D eigenvalue weighted by Gasteiger charge is -2.11. The minimum atomic E-state index is -0.724. The monoisotopic (exact) mass is 271 g/mol. The molecule has 0 amide bonds. The van der Waals surface area contributed by atoms with E-state index in [0.29, 0.717) is 16.9 Å². The van der Waals surface area contributed by atoms with Crippen LogP contribution in [-0.4, -0.2) is 27.0 Å². The van der Waals surface area contributed by atoms with Crippen LogP contribution in [-0.2, 0) is 0 Å². The molecule has 0 saturated carbocycles. The topological polar surface area (TPSA) is 83.6 Å². The standard InChI is InChI=1S/C12H17NO4S/c1-8(5-6-14)18-12-4-3-10(9(2)15)7-11(12)13(16)17/h3-4,7-9,14-15H,5-6H2,1-2H3/t8?,9-/m1/s1. The Morgan fingerprint density at radius 1 is 1.44 bits per heavy atom. The summed E-state index contributed by atoms with van der Waals surface area (Å²) in [6.07, 6.45) is -0.141. The summed E-state index contributed by atoms with van der Waals surface area (Å²) in [7, 11) is 0. The van der Waals surface area contributed by atoms with E-state index < -0.39 is 11.0 Å². The number of rotatable bonds is 6. The molecule has 1 aromatic carbocycles. The van der Waals surface area contributed by atoms with Crippen molar-refractivity contribution in [2.75, 3.05) is 6.61 Å². The highest BCUT2D eigenvalue weighted by atomic mass is 32.2. The van der Waals surface area contributed by atoms with Gasteiger partial charge in [-0.3, -0.25) is 10.1 Å². The number of nitrogens with zero attached hydrogens (tertiary/aromatic N) is 1. The molecule has 0 bridgehead atoms. The van der Waals surface area contributed by atoms with Crippen molar-refractivity contribution in [3.63, 3.8) is 0 Å². The number of aliphatic hydroxyl groups excluding tert-OH is 2. The Kier molecular flexibility index (Phi) is 5.58. The molecular formula is C12H17NO4S. The zero-order valence-corrected chi connectivity index (χ0v) is 11.2. The number of benzene rings is 1. The highest BCUT2D eigenvalue weighted by Crippen LogP contribution is 2.34. The second-order valence-corrected chi connectivity index (χ2v) is 5.58. The van der Waals surface area contributed by atoms with Gasteiger partial charge in [-0.1, -0.05) is 13.0 Å². The molecular weight excluding hydrogens is 254 g/mol. The first-order valence-corrected chi connectivity index (χ1v) is 6.57.